The first-order chi connectivity index (χ1) is 11.1. The molecule has 7 nitrogen and oxygen atoms in total. The van der Waals surface area contributed by atoms with Crippen molar-refractivity contribution in [2.24, 2.45) is 5.10 Å². The van der Waals surface area contributed by atoms with Gasteiger partial charge in [-0.15, -0.1) is 0 Å². The zero-order valence-corrected chi connectivity index (χ0v) is 12.5. The minimum Gasteiger partial charge on any atom is -0.870 e. The third-order valence-electron chi connectivity index (χ3n) is 3.04. The van der Waals surface area contributed by atoms with Crippen LogP contribution in [0.1, 0.15) is 15.9 Å². The fraction of sp³-hybridized carbons (Fsp3) is 0.125. The van der Waals surface area contributed by atoms with Crippen LogP contribution in [0.25, 0.3) is 0 Å². The first kappa shape index (κ1) is 16.2. The molecule has 2 aromatic carbocycles. The van der Waals surface area contributed by atoms with Crippen molar-refractivity contribution in [2.75, 3.05) is 14.2 Å². The second-order valence-corrected chi connectivity index (χ2v) is 4.41. The number of nitrogens with zero attached hydrogens (tertiary/aromatic N) is 1. The molecule has 2 aromatic rings. The van der Waals surface area contributed by atoms with Crippen molar-refractivity contribution in [1.29, 1.82) is 0 Å². The molecule has 0 radical (unpaired) electrons. The second kappa shape index (κ2) is 7.17. The van der Waals surface area contributed by atoms with Gasteiger partial charge in [-0.1, -0.05) is 29.7 Å². The Morgan fingerprint density at radius 2 is 1.65 bits per heavy atom. The Hall–Kier alpha value is -3.22. The van der Waals surface area contributed by atoms with Crippen LogP contribution in [0.2, 0.25) is 0 Å². The van der Waals surface area contributed by atoms with Crippen LogP contribution in [-0.2, 0) is 0 Å². The molecule has 7 heteroatoms. The van der Waals surface area contributed by atoms with E-state index in [1.807, 2.05) is 0 Å². The molecule has 0 bridgehead atoms. The van der Waals surface area contributed by atoms with Crippen molar-refractivity contribution in [3.63, 3.8) is 0 Å². The number of hydrogen-bond donors (Lipinski definition) is 1. The van der Waals surface area contributed by atoms with Gasteiger partial charge in [0.25, 0.3) is 5.91 Å². The minimum absolute atomic E-state index is 0.0660. The van der Waals surface area contributed by atoms with Crippen LogP contribution in [0.4, 0.5) is 0 Å². The molecule has 0 spiro atoms. The van der Waals surface area contributed by atoms with Crippen LogP contribution in [0.15, 0.2) is 41.5 Å². The van der Waals surface area contributed by atoms with Gasteiger partial charge < -0.3 is 19.7 Å². The van der Waals surface area contributed by atoms with Crippen LogP contribution >= 0.6 is 0 Å². The third kappa shape index (κ3) is 3.52. The lowest BCUT2D eigenvalue weighted by Crippen LogP contribution is -2.19. The lowest BCUT2D eigenvalue weighted by molar-refractivity contribution is -0.270. The van der Waals surface area contributed by atoms with Gasteiger partial charge in [-0.2, -0.15) is 5.10 Å². The maximum absolute atomic E-state index is 11.9. The fourth-order valence-corrected chi connectivity index (χ4v) is 1.87. The van der Waals surface area contributed by atoms with Crippen LogP contribution in [0.5, 0.6) is 23.0 Å². The van der Waals surface area contributed by atoms with E-state index in [1.54, 1.807) is 6.07 Å². The van der Waals surface area contributed by atoms with Gasteiger partial charge in [-0.25, -0.2) is 5.43 Å². The molecule has 0 fully saturated rings. The number of carbonyl (C=O) groups excluding carboxylic acids is 1. The lowest BCUT2D eigenvalue weighted by Gasteiger charge is -2.16. The minimum atomic E-state index is -0.694. The Labute approximate surface area is 132 Å². The van der Waals surface area contributed by atoms with Crippen LogP contribution in [0, 0.1) is 0 Å². The molecular formula is C16H14N2O5-2. The summed E-state index contributed by atoms with van der Waals surface area (Å²) in [6.07, 6.45) is 1.19. The molecule has 1 amide bonds. The molecule has 23 heavy (non-hydrogen) atoms. The summed E-state index contributed by atoms with van der Waals surface area (Å²) < 4.78 is 9.77. The van der Waals surface area contributed by atoms with Crippen molar-refractivity contribution < 1.29 is 24.5 Å². The van der Waals surface area contributed by atoms with Gasteiger partial charge in [0.2, 0.25) is 0 Å². The number of methoxy groups -OCH3 is 2. The molecule has 0 saturated heterocycles. The van der Waals surface area contributed by atoms with E-state index in [4.69, 9.17) is 9.47 Å². The summed E-state index contributed by atoms with van der Waals surface area (Å²) in [5.41, 5.74) is 2.35. The normalized spacial score (nSPS) is 10.5. The Balaban J connectivity index is 2.13. The fourth-order valence-electron chi connectivity index (χ4n) is 1.87. The number of hydrogen-bond acceptors (Lipinski definition) is 6. The number of carbonyl (C=O) groups is 1. The van der Waals surface area contributed by atoms with Crippen LogP contribution < -0.4 is 25.1 Å². The Bertz CT molecular complexity index is 743. The number of benzene rings is 2. The molecule has 0 aromatic heterocycles. The summed E-state index contributed by atoms with van der Waals surface area (Å²) in [5, 5.41) is 27.5. The summed E-state index contributed by atoms with van der Waals surface area (Å²) >= 11 is 0. The topological polar surface area (TPSA) is 106 Å². The zero-order valence-electron chi connectivity index (χ0n) is 12.5. The average molecular weight is 314 g/mol. The summed E-state index contributed by atoms with van der Waals surface area (Å²) in [6, 6.07) is 9.03. The molecule has 0 saturated carbocycles. The standard InChI is InChI=1S/C16H16N2O5/c1-22-12-7-3-5-10(14(12)19)9-17-18-16(21)11-6-4-8-13(23-2)15(11)20/h3-9,19-20H,1-2H3,(H,18,21)/p-2/b17-9-. The Kier molecular flexibility index (Phi) is 5.03. The summed E-state index contributed by atoms with van der Waals surface area (Å²) in [7, 11) is 2.73. The molecule has 120 valence electrons. The van der Waals surface area contributed by atoms with Crippen molar-refractivity contribution in [3.05, 3.63) is 47.5 Å². The van der Waals surface area contributed by atoms with E-state index in [2.05, 4.69) is 10.5 Å². The largest absolute Gasteiger partial charge is 0.870 e. The SMILES string of the molecule is COc1cccc(/C=N\NC(=O)c2cccc(OC)c2[O-])c1[O-]. The van der Waals surface area contributed by atoms with Gasteiger partial charge in [0.15, 0.2) is 0 Å². The first-order valence-electron chi connectivity index (χ1n) is 6.60. The molecule has 0 aliphatic carbocycles. The smallest absolute Gasteiger partial charge is 0.270 e. The number of ether oxygens (including phenoxy) is 2. The predicted octanol–water partition coefficient (Wildman–Crippen LogP) is 0.615. The van der Waals surface area contributed by atoms with E-state index >= 15 is 0 Å². The number of hydrazone groups is 1. The highest BCUT2D eigenvalue weighted by Crippen LogP contribution is 2.26. The van der Waals surface area contributed by atoms with Crippen molar-refractivity contribution in [3.8, 4) is 23.0 Å². The van der Waals surface area contributed by atoms with E-state index in [0.717, 1.165) is 0 Å². The van der Waals surface area contributed by atoms with Crippen molar-refractivity contribution in [1.82, 2.24) is 5.43 Å². The molecular weight excluding hydrogens is 300 g/mol. The van der Waals surface area contributed by atoms with E-state index in [-0.39, 0.29) is 28.4 Å². The molecule has 2 rings (SSSR count). The van der Waals surface area contributed by atoms with Crippen molar-refractivity contribution >= 4 is 12.1 Å². The summed E-state index contributed by atoms with van der Waals surface area (Å²) in [6.45, 7) is 0. The molecule has 0 heterocycles. The van der Waals surface area contributed by atoms with Crippen LogP contribution in [0.3, 0.4) is 0 Å². The van der Waals surface area contributed by atoms with Gasteiger partial charge in [0, 0.05) is 5.56 Å². The quantitative estimate of drug-likeness (QED) is 0.643. The highest BCUT2D eigenvalue weighted by atomic mass is 16.5. The Morgan fingerprint density at radius 1 is 1.04 bits per heavy atom. The third-order valence-corrected chi connectivity index (χ3v) is 3.04. The van der Waals surface area contributed by atoms with E-state index in [9.17, 15) is 15.0 Å². The average Bonchev–Trinajstić information content (AvgIpc) is 2.56. The van der Waals surface area contributed by atoms with Crippen molar-refractivity contribution in [2.45, 2.75) is 0 Å². The number of rotatable bonds is 5. The van der Waals surface area contributed by atoms with Gasteiger partial charge in [-0.3, -0.25) is 4.79 Å². The van der Waals surface area contributed by atoms with Gasteiger partial charge >= 0.3 is 0 Å². The highest BCUT2D eigenvalue weighted by molar-refractivity contribution is 5.98. The lowest BCUT2D eigenvalue weighted by atomic mass is 10.2. The molecule has 0 aliphatic rings. The number of nitrogens with one attached hydrogen (secondary N) is 1. The van der Waals surface area contributed by atoms with Crippen LogP contribution in [-0.4, -0.2) is 26.3 Å². The summed E-state index contributed by atoms with van der Waals surface area (Å²) in [4.78, 5) is 11.9. The zero-order chi connectivity index (χ0) is 16.8. The highest BCUT2D eigenvalue weighted by Gasteiger charge is 2.08. The van der Waals surface area contributed by atoms with E-state index < -0.39 is 11.7 Å². The van der Waals surface area contributed by atoms with E-state index in [1.165, 1.54) is 50.8 Å². The molecule has 1 N–H and O–H groups in total. The van der Waals surface area contributed by atoms with Gasteiger partial charge in [0.1, 0.15) is 11.5 Å². The van der Waals surface area contributed by atoms with E-state index in [0.29, 0.717) is 0 Å². The van der Waals surface area contributed by atoms with Gasteiger partial charge in [0.05, 0.1) is 20.4 Å². The molecule has 0 aliphatic heterocycles. The maximum Gasteiger partial charge on any atom is 0.270 e. The molecule has 0 atom stereocenters. The predicted molar refractivity (Wildman–Crippen MR) is 79.9 cm³/mol. The van der Waals surface area contributed by atoms with Gasteiger partial charge in [-0.05, 0) is 23.8 Å². The maximum atomic E-state index is 11.9. The Morgan fingerprint density at radius 3 is 2.30 bits per heavy atom. The summed E-state index contributed by atoms with van der Waals surface area (Å²) in [5.74, 6) is -1.33. The monoisotopic (exact) mass is 314 g/mol. The molecule has 0 unspecified atom stereocenters. The number of amides is 1. The first-order valence-corrected chi connectivity index (χ1v) is 6.60. The second-order valence-electron chi connectivity index (χ2n) is 4.41. The number of para-hydroxylation sites is 2.